The van der Waals surface area contributed by atoms with Gasteiger partial charge in [0.15, 0.2) is 23.0 Å². The van der Waals surface area contributed by atoms with Crippen LogP contribution in [-0.2, 0) is 11.2 Å². The standard InChI is InChI=1S/C21H27F2N7O2/c1-12(29(2)19(31)21(23)7-8-25-11-21)5-4-6-17-27-18-13-9-14(22)16(32-3)10-15(13)26-20(24)30(18)28-17/h9-10,12,25H,4-8,11H2,1-3H3,(H2,24,26)/t12-,21?/m0/s1. The lowest BCUT2D eigenvalue weighted by atomic mass is 10.0. The Balaban J connectivity index is 1.46. The minimum atomic E-state index is -1.82. The molecule has 1 amide bonds. The predicted molar refractivity (Wildman–Crippen MR) is 116 cm³/mol. The summed E-state index contributed by atoms with van der Waals surface area (Å²) in [5.41, 5.74) is 5.07. The minimum absolute atomic E-state index is 0.0595. The molecule has 172 valence electrons. The van der Waals surface area contributed by atoms with Gasteiger partial charge in [-0.05, 0) is 32.4 Å². The fourth-order valence-electron chi connectivity index (χ4n) is 4.05. The Bertz CT molecular complexity index is 1160. The highest BCUT2D eigenvalue weighted by atomic mass is 19.1. The fourth-order valence-corrected chi connectivity index (χ4v) is 4.05. The molecule has 1 aromatic carbocycles. The number of benzene rings is 1. The molecule has 0 aliphatic carbocycles. The number of nitrogens with two attached hydrogens (primary N) is 1. The Morgan fingerprint density at radius 1 is 1.44 bits per heavy atom. The smallest absolute Gasteiger partial charge is 0.261 e. The monoisotopic (exact) mass is 447 g/mol. The van der Waals surface area contributed by atoms with Crippen LogP contribution < -0.4 is 15.8 Å². The van der Waals surface area contributed by atoms with Crippen LogP contribution in [0.5, 0.6) is 5.75 Å². The Hall–Kier alpha value is -3.08. The first kappa shape index (κ1) is 22.1. The molecular formula is C21H27F2N7O2. The van der Waals surface area contributed by atoms with Crippen LogP contribution in [0.15, 0.2) is 12.1 Å². The SMILES string of the molecule is COc1cc2nc(N)n3nc(CCC[C@H](C)N(C)C(=O)C4(F)CCNC4)nc3c2cc1F. The van der Waals surface area contributed by atoms with Crippen LogP contribution in [0.1, 0.15) is 32.0 Å². The maximum Gasteiger partial charge on any atom is 0.261 e. The second-order valence-electron chi connectivity index (χ2n) is 8.29. The van der Waals surface area contributed by atoms with Gasteiger partial charge >= 0.3 is 0 Å². The van der Waals surface area contributed by atoms with Gasteiger partial charge in [0.2, 0.25) is 11.6 Å². The van der Waals surface area contributed by atoms with Gasteiger partial charge in [0.25, 0.3) is 5.91 Å². The van der Waals surface area contributed by atoms with E-state index in [0.29, 0.717) is 48.2 Å². The Kier molecular flexibility index (Phi) is 5.85. The number of nitrogens with one attached hydrogen (secondary N) is 1. The number of nitrogens with zero attached hydrogens (tertiary/aromatic N) is 5. The van der Waals surface area contributed by atoms with E-state index in [9.17, 15) is 13.6 Å². The van der Waals surface area contributed by atoms with E-state index in [2.05, 4.69) is 20.4 Å². The molecule has 0 bridgehead atoms. The molecule has 2 atom stereocenters. The quantitative estimate of drug-likeness (QED) is 0.569. The van der Waals surface area contributed by atoms with Crippen molar-refractivity contribution >= 4 is 28.4 Å². The van der Waals surface area contributed by atoms with E-state index < -0.39 is 17.4 Å². The summed E-state index contributed by atoms with van der Waals surface area (Å²) in [6, 6.07) is 2.64. The molecule has 2 aromatic heterocycles. The van der Waals surface area contributed by atoms with Gasteiger partial charge in [-0.15, -0.1) is 5.10 Å². The Morgan fingerprint density at radius 2 is 2.22 bits per heavy atom. The lowest BCUT2D eigenvalue weighted by molar-refractivity contribution is -0.143. The molecule has 3 aromatic rings. The van der Waals surface area contributed by atoms with Crippen molar-refractivity contribution in [3.05, 3.63) is 23.8 Å². The third kappa shape index (κ3) is 3.92. The van der Waals surface area contributed by atoms with Crippen LogP contribution in [0.3, 0.4) is 0 Å². The van der Waals surface area contributed by atoms with Gasteiger partial charge in [0.05, 0.1) is 12.6 Å². The average Bonchev–Trinajstić information content (AvgIpc) is 3.40. The van der Waals surface area contributed by atoms with Crippen molar-refractivity contribution in [2.45, 2.75) is 44.3 Å². The fraction of sp³-hybridized carbons (Fsp3) is 0.524. The number of hydrogen-bond acceptors (Lipinski definition) is 7. The molecule has 1 saturated heterocycles. The van der Waals surface area contributed by atoms with E-state index in [0.717, 1.165) is 0 Å². The number of anilines is 1. The van der Waals surface area contributed by atoms with Crippen LogP contribution >= 0.6 is 0 Å². The van der Waals surface area contributed by atoms with Gasteiger partial charge < -0.3 is 20.7 Å². The number of rotatable bonds is 7. The van der Waals surface area contributed by atoms with Gasteiger partial charge in [0.1, 0.15) is 0 Å². The first-order valence-electron chi connectivity index (χ1n) is 10.6. The molecular weight excluding hydrogens is 420 g/mol. The first-order valence-corrected chi connectivity index (χ1v) is 10.6. The molecule has 3 heterocycles. The maximum atomic E-state index is 14.7. The van der Waals surface area contributed by atoms with Crippen molar-refractivity contribution in [3.63, 3.8) is 0 Å². The molecule has 4 rings (SSSR count). The van der Waals surface area contributed by atoms with E-state index in [1.54, 1.807) is 7.05 Å². The molecule has 1 fully saturated rings. The number of aryl methyl sites for hydroxylation is 1. The molecule has 0 radical (unpaired) electrons. The average molecular weight is 447 g/mol. The van der Waals surface area contributed by atoms with Crippen molar-refractivity contribution in [2.24, 2.45) is 0 Å². The number of carbonyl (C=O) groups is 1. The zero-order valence-electron chi connectivity index (χ0n) is 18.4. The van der Waals surface area contributed by atoms with Gasteiger partial charge in [-0.3, -0.25) is 4.79 Å². The summed E-state index contributed by atoms with van der Waals surface area (Å²) in [5.74, 6) is -0.266. The Labute approximate surface area is 183 Å². The van der Waals surface area contributed by atoms with E-state index >= 15 is 0 Å². The topological polar surface area (TPSA) is 111 Å². The number of alkyl halides is 1. The predicted octanol–water partition coefficient (Wildman–Crippen LogP) is 1.88. The van der Waals surface area contributed by atoms with Crippen molar-refractivity contribution in [3.8, 4) is 5.75 Å². The van der Waals surface area contributed by atoms with Gasteiger partial charge in [0, 0.05) is 43.9 Å². The van der Waals surface area contributed by atoms with E-state index in [1.165, 1.54) is 28.7 Å². The van der Waals surface area contributed by atoms with Crippen molar-refractivity contribution in [2.75, 3.05) is 33.0 Å². The summed E-state index contributed by atoms with van der Waals surface area (Å²) >= 11 is 0. The van der Waals surface area contributed by atoms with Crippen LogP contribution in [0.2, 0.25) is 0 Å². The van der Waals surface area contributed by atoms with Crippen molar-refractivity contribution in [1.82, 2.24) is 29.8 Å². The number of aromatic nitrogens is 4. The maximum absolute atomic E-state index is 14.7. The number of nitrogen functional groups attached to an aromatic ring is 1. The van der Waals surface area contributed by atoms with Crippen LogP contribution in [-0.4, -0.2) is 69.3 Å². The van der Waals surface area contributed by atoms with Gasteiger partial charge in [-0.1, -0.05) is 0 Å². The molecule has 1 aliphatic heterocycles. The molecule has 11 heteroatoms. The molecule has 0 saturated carbocycles. The third-order valence-electron chi connectivity index (χ3n) is 6.10. The highest BCUT2D eigenvalue weighted by Gasteiger charge is 2.44. The molecule has 1 aliphatic rings. The number of ether oxygens (including phenoxy) is 1. The van der Waals surface area contributed by atoms with Gasteiger partial charge in [-0.2, -0.15) is 4.52 Å². The largest absolute Gasteiger partial charge is 0.494 e. The lowest BCUT2D eigenvalue weighted by Crippen LogP contribution is -2.49. The molecule has 0 spiro atoms. The number of hydrogen-bond donors (Lipinski definition) is 2. The molecule has 32 heavy (non-hydrogen) atoms. The van der Waals surface area contributed by atoms with Crippen LogP contribution in [0, 0.1) is 5.82 Å². The normalized spacial score (nSPS) is 19.5. The highest BCUT2D eigenvalue weighted by Crippen LogP contribution is 2.27. The molecule has 3 N–H and O–H groups in total. The second kappa shape index (κ2) is 8.45. The second-order valence-corrected chi connectivity index (χ2v) is 8.29. The van der Waals surface area contributed by atoms with Gasteiger partial charge in [-0.25, -0.2) is 18.7 Å². The molecule has 1 unspecified atom stereocenters. The van der Waals surface area contributed by atoms with E-state index in [4.69, 9.17) is 10.5 Å². The summed E-state index contributed by atoms with van der Waals surface area (Å²) in [5, 5.41) is 7.79. The first-order chi connectivity index (χ1) is 15.2. The number of methoxy groups -OCH3 is 1. The van der Waals surface area contributed by atoms with Crippen molar-refractivity contribution in [1.29, 1.82) is 0 Å². The van der Waals surface area contributed by atoms with E-state index in [-0.39, 0.29) is 30.7 Å². The summed E-state index contributed by atoms with van der Waals surface area (Å²) in [4.78, 5) is 22.8. The Morgan fingerprint density at radius 3 is 2.91 bits per heavy atom. The summed E-state index contributed by atoms with van der Waals surface area (Å²) in [6.45, 7) is 2.46. The number of fused-ring (bicyclic) bond motifs is 3. The highest BCUT2D eigenvalue weighted by molar-refractivity contribution is 5.93. The molecule has 9 nitrogen and oxygen atoms in total. The van der Waals surface area contributed by atoms with Crippen molar-refractivity contribution < 1.29 is 18.3 Å². The lowest BCUT2D eigenvalue weighted by Gasteiger charge is -2.30. The third-order valence-corrected chi connectivity index (χ3v) is 6.10. The summed E-state index contributed by atoms with van der Waals surface area (Å²) in [6.07, 6.45) is 2.06. The van der Waals surface area contributed by atoms with Crippen LogP contribution in [0.25, 0.3) is 16.6 Å². The number of carbonyl (C=O) groups excluding carboxylic acids is 1. The number of halogens is 2. The number of amides is 1. The minimum Gasteiger partial charge on any atom is -0.494 e. The zero-order valence-corrected chi connectivity index (χ0v) is 18.4. The summed E-state index contributed by atoms with van der Waals surface area (Å²) < 4.78 is 35.4. The summed E-state index contributed by atoms with van der Waals surface area (Å²) in [7, 11) is 3.02. The van der Waals surface area contributed by atoms with Crippen LogP contribution in [0.4, 0.5) is 14.7 Å². The zero-order chi connectivity index (χ0) is 23.0. The van der Waals surface area contributed by atoms with E-state index in [1.807, 2.05) is 6.92 Å².